The van der Waals surface area contributed by atoms with Crippen LogP contribution >= 0.6 is 0 Å². The third kappa shape index (κ3) is 2.02. The van der Waals surface area contributed by atoms with Gasteiger partial charge in [0.2, 0.25) is 0 Å². The van der Waals surface area contributed by atoms with Crippen LogP contribution in [0.1, 0.15) is 27.2 Å². The van der Waals surface area contributed by atoms with Gasteiger partial charge in [-0.1, -0.05) is 18.4 Å². The topological polar surface area (TPSA) is 62.2 Å². The first-order chi connectivity index (χ1) is 9.24. The van der Waals surface area contributed by atoms with Crippen LogP contribution in [-0.4, -0.2) is 45.8 Å². The summed E-state index contributed by atoms with van der Waals surface area (Å²) in [4.78, 5) is 0. The molecule has 1 spiro atoms. The molecule has 0 bridgehead atoms. The van der Waals surface area contributed by atoms with Crippen molar-refractivity contribution in [2.45, 2.75) is 62.8 Å². The van der Waals surface area contributed by atoms with E-state index in [0.717, 1.165) is 5.57 Å². The molecule has 0 aromatic rings. The van der Waals surface area contributed by atoms with Crippen molar-refractivity contribution in [1.82, 2.24) is 0 Å². The van der Waals surface area contributed by atoms with Gasteiger partial charge in [0, 0.05) is 12.0 Å². The highest BCUT2D eigenvalue weighted by atomic mass is 16.7. The second kappa shape index (κ2) is 4.19. The maximum absolute atomic E-state index is 10.3. The summed E-state index contributed by atoms with van der Waals surface area (Å²) in [5, 5.41) is 20.4. The van der Waals surface area contributed by atoms with Crippen LogP contribution in [0.4, 0.5) is 0 Å². The average molecular weight is 276 g/mol. The Balaban J connectivity index is 1.87. The molecule has 0 aromatic heterocycles. The number of ether oxygens (including phenoxy) is 2. The summed E-state index contributed by atoms with van der Waals surface area (Å²) >= 11 is 0. The second-order valence-corrected chi connectivity index (χ2v) is 6.49. The lowest BCUT2D eigenvalue weighted by atomic mass is 9.82. The van der Waals surface area contributed by atoms with Crippen LogP contribution in [0.5, 0.6) is 0 Å². The van der Waals surface area contributed by atoms with Gasteiger partial charge in [-0.25, -0.2) is 0 Å². The van der Waals surface area contributed by atoms with E-state index in [1.807, 2.05) is 13.0 Å². The fourth-order valence-corrected chi connectivity index (χ4v) is 2.99. The highest BCUT2D eigenvalue weighted by molar-refractivity contribution is 5.45. The first kappa shape index (κ1) is 13.8. The molecule has 2 heterocycles. The second-order valence-electron chi connectivity index (χ2n) is 6.49. The predicted octanol–water partition coefficient (Wildman–Crippen LogP) is 0.933. The molecule has 0 amide bonds. The molecule has 2 aliphatic heterocycles. The maximum atomic E-state index is 10.3. The third-order valence-corrected chi connectivity index (χ3v) is 4.21. The van der Waals surface area contributed by atoms with E-state index in [1.54, 1.807) is 13.8 Å². The third-order valence-electron chi connectivity index (χ3n) is 4.21. The summed E-state index contributed by atoms with van der Waals surface area (Å²) in [5.41, 5.74) is -0.0375. The monoisotopic (exact) mass is 276 g/mol. The van der Waals surface area contributed by atoms with E-state index >= 15 is 0 Å². The lowest BCUT2D eigenvalue weighted by Gasteiger charge is -2.24. The van der Waals surface area contributed by atoms with E-state index in [2.05, 4.69) is 18.4 Å². The Morgan fingerprint density at radius 1 is 1.55 bits per heavy atom. The molecular formula is C16H20O4. The molecule has 4 heteroatoms. The van der Waals surface area contributed by atoms with E-state index in [1.165, 1.54) is 0 Å². The fourth-order valence-electron chi connectivity index (χ4n) is 2.99. The van der Waals surface area contributed by atoms with Gasteiger partial charge in [-0.05, 0) is 32.4 Å². The van der Waals surface area contributed by atoms with Gasteiger partial charge < -0.3 is 19.7 Å². The van der Waals surface area contributed by atoms with Gasteiger partial charge in [0.25, 0.3) is 0 Å². The Hall–Kier alpha value is -1.12. The standard InChI is InChI=1S/C16H20O4/c1-9(2)5-6-10-7-11-16(14(20-16)13(10)17)8-12(19-11)15(3,4)18/h7,11-14,17-18H,1,8H2,2-4H3/t11-,12+,13+,14+,16-/m0/s1. The number of aliphatic hydroxyl groups is 2. The highest BCUT2D eigenvalue weighted by Crippen LogP contribution is 2.56. The van der Waals surface area contributed by atoms with Crippen molar-refractivity contribution >= 4 is 0 Å². The number of allylic oxidation sites excluding steroid dienone is 1. The Labute approximate surface area is 119 Å². The molecule has 108 valence electrons. The summed E-state index contributed by atoms with van der Waals surface area (Å²) in [6, 6.07) is 0. The van der Waals surface area contributed by atoms with Crippen LogP contribution < -0.4 is 0 Å². The number of hydrogen-bond donors (Lipinski definition) is 2. The van der Waals surface area contributed by atoms with E-state index in [9.17, 15) is 10.2 Å². The van der Waals surface area contributed by atoms with Crippen molar-refractivity contribution in [3.8, 4) is 11.8 Å². The molecule has 1 aliphatic carbocycles. The number of epoxide rings is 1. The van der Waals surface area contributed by atoms with Crippen molar-refractivity contribution in [3.63, 3.8) is 0 Å². The minimum absolute atomic E-state index is 0.248. The van der Waals surface area contributed by atoms with Crippen LogP contribution in [0.2, 0.25) is 0 Å². The molecule has 2 N–H and O–H groups in total. The molecular weight excluding hydrogens is 256 g/mol. The molecule has 4 nitrogen and oxygen atoms in total. The van der Waals surface area contributed by atoms with Crippen molar-refractivity contribution in [2.75, 3.05) is 0 Å². The normalized spacial score (nSPS) is 42.0. The highest BCUT2D eigenvalue weighted by Gasteiger charge is 2.71. The summed E-state index contributed by atoms with van der Waals surface area (Å²) in [6.07, 6.45) is 0.883. The molecule has 3 aliphatic rings. The van der Waals surface area contributed by atoms with Crippen LogP contribution in [0.25, 0.3) is 0 Å². The number of rotatable bonds is 1. The van der Waals surface area contributed by atoms with Crippen LogP contribution in [0.3, 0.4) is 0 Å². The van der Waals surface area contributed by atoms with Gasteiger partial charge in [0.1, 0.15) is 23.9 Å². The van der Waals surface area contributed by atoms with Crippen molar-refractivity contribution in [1.29, 1.82) is 0 Å². The van der Waals surface area contributed by atoms with E-state index < -0.39 is 17.3 Å². The molecule has 3 rings (SSSR count). The first-order valence-corrected chi connectivity index (χ1v) is 6.87. The van der Waals surface area contributed by atoms with Gasteiger partial charge in [-0.2, -0.15) is 0 Å². The van der Waals surface area contributed by atoms with Crippen molar-refractivity contribution in [2.24, 2.45) is 0 Å². The Morgan fingerprint density at radius 2 is 2.25 bits per heavy atom. The van der Waals surface area contributed by atoms with Gasteiger partial charge in [-0.15, -0.1) is 0 Å². The SMILES string of the molecule is C=C(C)C#CC1=C[C@@H]2O[C@@H](C(C)(C)O)C[C@]23O[C@@H]3[C@@H]1O. The maximum Gasteiger partial charge on any atom is 0.130 e. The van der Waals surface area contributed by atoms with Crippen molar-refractivity contribution in [3.05, 3.63) is 23.8 Å². The zero-order chi connectivity index (χ0) is 14.7. The fraction of sp³-hybridized carbons (Fsp3) is 0.625. The Kier molecular flexibility index (Phi) is 2.90. The number of aliphatic hydroxyl groups excluding tert-OH is 1. The van der Waals surface area contributed by atoms with Crippen LogP contribution in [0.15, 0.2) is 23.8 Å². The number of hydrogen-bond acceptors (Lipinski definition) is 4. The van der Waals surface area contributed by atoms with Crippen molar-refractivity contribution < 1.29 is 19.7 Å². The Bertz CT molecular complexity index is 545. The molecule has 0 saturated carbocycles. The average Bonchev–Trinajstić information content (AvgIpc) is 2.92. The summed E-state index contributed by atoms with van der Waals surface area (Å²) in [5.74, 6) is 5.80. The minimum atomic E-state index is -0.926. The zero-order valence-corrected chi connectivity index (χ0v) is 12.0. The van der Waals surface area contributed by atoms with Crippen LogP contribution in [0, 0.1) is 11.8 Å². The summed E-state index contributed by atoms with van der Waals surface area (Å²) in [6.45, 7) is 9.00. The quantitative estimate of drug-likeness (QED) is 0.552. The first-order valence-electron chi connectivity index (χ1n) is 6.87. The molecule has 0 aromatic carbocycles. The van der Waals surface area contributed by atoms with Gasteiger partial charge in [0.15, 0.2) is 0 Å². The van der Waals surface area contributed by atoms with Crippen LogP contribution in [-0.2, 0) is 9.47 Å². The van der Waals surface area contributed by atoms with Gasteiger partial charge in [-0.3, -0.25) is 0 Å². The molecule has 2 fully saturated rings. The van der Waals surface area contributed by atoms with E-state index in [0.29, 0.717) is 12.0 Å². The minimum Gasteiger partial charge on any atom is -0.388 e. The summed E-state index contributed by atoms with van der Waals surface area (Å²) < 4.78 is 11.6. The Morgan fingerprint density at radius 3 is 2.85 bits per heavy atom. The predicted molar refractivity (Wildman–Crippen MR) is 73.9 cm³/mol. The zero-order valence-electron chi connectivity index (χ0n) is 12.0. The lowest BCUT2D eigenvalue weighted by molar-refractivity contribution is -0.0748. The largest absolute Gasteiger partial charge is 0.388 e. The smallest absolute Gasteiger partial charge is 0.130 e. The molecule has 20 heavy (non-hydrogen) atoms. The van der Waals surface area contributed by atoms with E-state index in [-0.39, 0.29) is 18.3 Å². The summed E-state index contributed by atoms with van der Waals surface area (Å²) in [7, 11) is 0. The van der Waals surface area contributed by atoms with Gasteiger partial charge in [0.05, 0.1) is 11.7 Å². The van der Waals surface area contributed by atoms with E-state index in [4.69, 9.17) is 9.47 Å². The molecule has 2 saturated heterocycles. The van der Waals surface area contributed by atoms with Gasteiger partial charge >= 0.3 is 0 Å². The lowest BCUT2D eigenvalue weighted by Crippen LogP contribution is -2.37. The molecule has 0 radical (unpaired) electrons. The molecule has 0 unspecified atom stereocenters. The molecule has 5 atom stereocenters.